The van der Waals surface area contributed by atoms with Crippen LogP contribution in [0.25, 0.3) is 0 Å². The highest BCUT2D eigenvalue weighted by molar-refractivity contribution is 5.80. The van der Waals surface area contributed by atoms with E-state index in [1.807, 2.05) is 0 Å². The Kier molecular flexibility index (Phi) is 39.3. The third-order valence-corrected chi connectivity index (χ3v) is 15.7. The maximum absolute atomic E-state index is 13.5. The van der Waals surface area contributed by atoms with Crippen LogP contribution in [0.3, 0.4) is 0 Å². The maximum Gasteiger partial charge on any atom is 0.364 e. The van der Waals surface area contributed by atoms with Crippen LogP contribution in [-0.4, -0.2) is 197 Å². The van der Waals surface area contributed by atoms with E-state index in [4.69, 9.17) is 18.9 Å². The zero-order valence-electron chi connectivity index (χ0n) is 48.3. The van der Waals surface area contributed by atoms with E-state index in [0.29, 0.717) is 18.8 Å². The highest BCUT2D eigenvalue weighted by atomic mass is 16.7. The molecule has 0 bridgehead atoms. The van der Waals surface area contributed by atoms with Crippen molar-refractivity contribution in [2.45, 2.75) is 318 Å². The molecule has 2 heterocycles. The van der Waals surface area contributed by atoms with Crippen molar-refractivity contribution in [2.75, 3.05) is 26.4 Å². The van der Waals surface area contributed by atoms with Crippen LogP contribution in [0.5, 0.6) is 0 Å². The van der Waals surface area contributed by atoms with E-state index in [-0.39, 0.29) is 12.8 Å². The van der Waals surface area contributed by atoms with Crippen LogP contribution in [0.2, 0.25) is 0 Å². The van der Waals surface area contributed by atoms with Crippen molar-refractivity contribution >= 4 is 17.8 Å². The lowest BCUT2D eigenvalue weighted by atomic mass is 9.88. The average Bonchev–Trinajstić information content (AvgIpc) is 3.45. The van der Waals surface area contributed by atoms with E-state index in [9.17, 15) is 75.7 Å². The summed E-state index contributed by atoms with van der Waals surface area (Å²) in [6, 6.07) is -3.03. The van der Waals surface area contributed by atoms with Gasteiger partial charge in [-0.05, 0) is 18.8 Å². The molecule has 2 saturated heterocycles. The first-order chi connectivity index (χ1) is 37.8. The van der Waals surface area contributed by atoms with Crippen LogP contribution in [0.1, 0.15) is 226 Å². The van der Waals surface area contributed by atoms with Crippen molar-refractivity contribution in [3.8, 4) is 0 Å². The summed E-state index contributed by atoms with van der Waals surface area (Å²) in [6.07, 6.45) is 10.9. The van der Waals surface area contributed by atoms with Crippen molar-refractivity contribution in [1.29, 1.82) is 0 Å². The lowest BCUT2D eigenvalue weighted by molar-refractivity contribution is -0.339. The van der Waals surface area contributed by atoms with E-state index in [2.05, 4.69) is 31.4 Å². The molecule has 466 valence electrons. The van der Waals surface area contributed by atoms with Gasteiger partial charge in [0, 0.05) is 6.42 Å². The van der Waals surface area contributed by atoms with Gasteiger partial charge in [0.2, 0.25) is 11.8 Å². The lowest BCUT2D eigenvalue weighted by Crippen LogP contribution is -2.68. The maximum atomic E-state index is 13.5. The van der Waals surface area contributed by atoms with Crippen molar-refractivity contribution < 1.29 is 94.6 Å². The summed E-state index contributed by atoms with van der Waals surface area (Å²) in [5.74, 6) is -5.97. The van der Waals surface area contributed by atoms with E-state index >= 15 is 0 Å². The summed E-state index contributed by atoms with van der Waals surface area (Å²) in [6.45, 7) is 2.96. The summed E-state index contributed by atoms with van der Waals surface area (Å²) in [4.78, 5) is 38.3. The fourth-order valence-corrected chi connectivity index (χ4v) is 10.5. The molecule has 0 radical (unpaired) electrons. The predicted octanol–water partition coefficient (Wildman–Crippen LogP) is 4.29. The predicted molar refractivity (Wildman–Crippen MR) is 296 cm³/mol. The van der Waals surface area contributed by atoms with Gasteiger partial charge in [-0.2, -0.15) is 0 Å². The molecule has 14 N–H and O–H groups in total. The number of unbranched alkanes of at least 4 members (excludes halogenated alkanes) is 26. The van der Waals surface area contributed by atoms with Gasteiger partial charge in [-0.3, -0.25) is 9.59 Å². The Labute approximate surface area is 471 Å². The van der Waals surface area contributed by atoms with E-state index < -0.39 is 142 Å². The molecular weight excluding hydrogens is 1030 g/mol. The Balaban J connectivity index is 2.02. The van der Waals surface area contributed by atoms with Crippen molar-refractivity contribution in [3.05, 3.63) is 0 Å². The molecule has 21 nitrogen and oxygen atoms in total. The number of carboxylic acid groups (broad SMARTS) is 1. The molecule has 1 unspecified atom stereocenters. The second kappa shape index (κ2) is 42.6. The molecule has 2 fully saturated rings. The highest BCUT2D eigenvalue weighted by Gasteiger charge is 2.57. The second-order valence-electron chi connectivity index (χ2n) is 23.1. The Morgan fingerprint density at radius 2 is 1.09 bits per heavy atom. The first-order valence-electron chi connectivity index (χ1n) is 30.6. The number of hydrogen-bond donors (Lipinski definition) is 14. The zero-order chi connectivity index (χ0) is 58.6. The van der Waals surface area contributed by atoms with E-state index in [0.717, 1.165) is 57.8 Å². The summed E-state index contributed by atoms with van der Waals surface area (Å²) in [5.41, 5.74) is 0. The number of rotatable bonds is 48. The Morgan fingerprint density at radius 3 is 1.54 bits per heavy atom. The SMILES string of the molecule is CCCCCCCCCCCCCCCCCCCCC[C@@H](O)C(=O)N[C@@H](CO[C@@H]1O[C@H](CO[C@]2(C(=O)O)C[C@H](O)C(NC(=O)CO)[C@H]([C@H](O)[C@H](O)CO)O2)[C@@H](O)[C@H](O)[C@H]1O)[C@H](O)[C@H](O)CCCCCCCCCCCC(C)C. The quantitative estimate of drug-likeness (QED) is 0.0378. The van der Waals surface area contributed by atoms with Gasteiger partial charge in [0.15, 0.2) is 6.29 Å². The Bertz CT molecular complexity index is 1570. The number of carbonyl (C=O) groups is 3. The minimum absolute atomic E-state index is 0.142. The number of amides is 2. The van der Waals surface area contributed by atoms with Gasteiger partial charge >= 0.3 is 5.97 Å². The van der Waals surface area contributed by atoms with Crippen LogP contribution < -0.4 is 10.6 Å². The van der Waals surface area contributed by atoms with Gasteiger partial charge in [-0.1, -0.05) is 207 Å². The standard InChI is InChI=1S/C58H110N2O19/c1-4-5-6-7-8-9-10-11-12-13-14-15-16-17-18-21-25-28-31-34-43(64)55(73)59-41(49(68)42(63)33-30-27-24-22-19-20-23-26-29-32-40(2)3)38-76-56-53(72)52(71)51(70)46(78-56)39-77-58(57(74)75)35-44(65)48(60-47(67)37-62)54(79-58)50(69)45(66)36-61/h40-46,48-54,56,61-66,68-72H,4-39H2,1-3H3,(H,59,73)(H,60,67)(H,74,75)/t41-,42+,43+,44-,45+,46+,48?,49-,50+,51+,52-,53+,54+,56+,58+/m0/s1. The molecule has 0 spiro atoms. The molecule has 15 atom stereocenters. The third kappa shape index (κ3) is 28.8. The molecule has 2 rings (SSSR count). The van der Waals surface area contributed by atoms with Crippen LogP contribution in [0.4, 0.5) is 0 Å². The number of carboxylic acids is 1. The zero-order valence-corrected chi connectivity index (χ0v) is 48.3. The monoisotopic (exact) mass is 1140 g/mol. The summed E-state index contributed by atoms with van der Waals surface area (Å²) < 4.78 is 22.8. The van der Waals surface area contributed by atoms with Crippen molar-refractivity contribution in [2.24, 2.45) is 5.92 Å². The van der Waals surface area contributed by atoms with Gasteiger partial charge in [0.25, 0.3) is 5.79 Å². The average molecular weight is 1140 g/mol. The molecular formula is C58H110N2O19. The number of hydrogen-bond acceptors (Lipinski definition) is 18. The van der Waals surface area contributed by atoms with Crippen molar-refractivity contribution in [3.63, 3.8) is 0 Å². The van der Waals surface area contributed by atoms with E-state index in [1.54, 1.807) is 0 Å². The second-order valence-corrected chi connectivity index (χ2v) is 23.1. The van der Waals surface area contributed by atoms with Crippen molar-refractivity contribution in [1.82, 2.24) is 10.6 Å². The molecule has 0 aromatic rings. The van der Waals surface area contributed by atoms with Crippen LogP contribution in [0.15, 0.2) is 0 Å². The van der Waals surface area contributed by atoms with Crippen LogP contribution >= 0.6 is 0 Å². The number of aliphatic carboxylic acids is 1. The molecule has 0 saturated carbocycles. The van der Waals surface area contributed by atoms with Gasteiger partial charge in [-0.25, -0.2) is 4.79 Å². The minimum Gasteiger partial charge on any atom is -0.477 e. The minimum atomic E-state index is -2.89. The highest BCUT2D eigenvalue weighted by Crippen LogP contribution is 2.35. The molecule has 0 aromatic carbocycles. The largest absolute Gasteiger partial charge is 0.477 e. The van der Waals surface area contributed by atoms with Gasteiger partial charge in [0.05, 0.1) is 44.1 Å². The normalized spacial score (nSPS) is 25.9. The molecule has 2 aliphatic heterocycles. The van der Waals surface area contributed by atoms with Gasteiger partial charge < -0.3 is 90.9 Å². The Morgan fingerprint density at radius 1 is 0.620 bits per heavy atom. The van der Waals surface area contributed by atoms with Crippen LogP contribution in [0, 0.1) is 5.92 Å². The topological polar surface area (TPSA) is 355 Å². The van der Waals surface area contributed by atoms with Gasteiger partial charge in [-0.15, -0.1) is 0 Å². The number of ether oxygens (including phenoxy) is 4. The molecule has 21 heteroatoms. The lowest BCUT2D eigenvalue weighted by Gasteiger charge is -2.47. The number of aliphatic hydroxyl groups excluding tert-OH is 11. The summed E-state index contributed by atoms with van der Waals surface area (Å²) in [5, 5.41) is 132. The summed E-state index contributed by atoms with van der Waals surface area (Å²) >= 11 is 0. The number of aliphatic hydroxyl groups is 11. The third-order valence-electron chi connectivity index (χ3n) is 15.7. The van der Waals surface area contributed by atoms with Gasteiger partial charge in [0.1, 0.15) is 61.5 Å². The number of nitrogens with one attached hydrogen (secondary N) is 2. The molecule has 0 aromatic heterocycles. The molecule has 2 amide bonds. The fraction of sp³-hybridized carbons (Fsp3) is 0.948. The molecule has 79 heavy (non-hydrogen) atoms. The smallest absolute Gasteiger partial charge is 0.364 e. The van der Waals surface area contributed by atoms with Crippen LogP contribution in [-0.2, 0) is 33.3 Å². The number of carbonyl (C=O) groups excluding carboxylic acids is 2. The fourth-order valence-electron chi connectivity index (χ4n) is 10.5. The molecule has 0 aliphatic carbocycles. The Hall–Kier alpha value is -2.19. The first-order valence-corrected chi connectivity index (χ1v) is 30.6. The molecule has 2 aliphatic rings. The van der Waals surface area contributed by atoms with E-state index in [1.165, 1.54) is 116 Å². The first kappa shape index (κ1) is 72.9. The summed E-state index contributed by atoms with van der Waals surface area (Å²) in [7, 11) is 0.